The third-order valence-corrected chi connectivity index (χ3v) is 5.65. The van der Waals surface area contributed by atoms with E-state index in [2.05, 4.69) is 15.4 Å². The summed E-state index contributed by atoms with van der Waals surface area (Å²) in [7, 11) is 0. The van der Waals surface area contributed by atoms with Gasteiger partial charge >= 0.3 is 0 Å². The molecule has 0 spiro atoms. The lowest BCUT2D eigenvalue weighted by Crippen LogP contribution is -2.19. The molecule has 0 atom stereocenters. The Kier molecular flexibility index (Phi) is 5.43. The standard InChI is InChI=1S/C21H24N4O2S/c1-3-27-18-8-6-16(7-9-18)21-23-17(13-28-21)10-19(26)24-20-14(2)11-22-25(20)12-15-4-5-15/h6-9,11,13,15H,3-5,10,12H2,1-2H3,(H,24,26). The summed E-state index contributed by atoms with van der Waals surface area (Å²) < 4.78 is 7.39. The monoisotopic (exact) mass is 396 g/mol. The zero-order valence-electron chi connectivity index (χ0n) is 16.1. The number of aryl methyl sites for hydroxylation is 1. The Hall–Kier alpha value is -2.67. The Bertz CT molecular complexity index is 957. The van der Waals surface area contributed by atoms with Gasteiger partial charge in [0.15, 0.2) is 0 Å². The second-order valence-electron chi connectivity index (χ2n) is 7.13. The number of carbonyl (C=O) groups is 1. The fourth-order valence-electron chi connectivity index (χ4n) is 3.05. The average molecular weight is 397 g/mol. The molecule has 28 heavy (non-hydrogen) atoms. The fourth-order valence-corrected chi connectivity index (χ4v) is 3.87. The van der Waals surface area contributed by atoms with E-state index in [0.29, 0.717) is 12.5 Å². The van der Waals surface area contributed by atoms with Gasteiger partial charge < -0.3 is 10.1 Å². The molecule has 2 heterocycles. The van der Waals surface area contributed by atoms with Gasteiger partial charge in [0.1, 0.15) is 16.6 Å². The molecule has 7 heteroatoms. The van der Waals surface area contributed by atoms with Crippen LogP contribution in [0.1, 0.15) is 31.0 Å². The molecule has 1 N–H and O–H groups in total. The Morgan fingerprint density at radius 2 is 2.11 bits per heavy atom. The van der Waals surface area contributed by atoms with Crippen molar-refractivity contribution in [1.82, 2.24) is 14.8 Å². The first-order valence-electron chi connectivity index (χ1n) is 9.62. The van der Waals surface area contributed by atoms with Gasteiger partial charge in [0.25, 0.3) is 0 Å². The second kappa shape index (κ2) is 8.14. The number of aromatic nitrogens is 3. The van der Waals surface area contributed by atoms with Gasteiger partial charge in [-0.1, -0.05) is 0 Å². The molecule has 0 bridgehead atoms. The molecule has 1 aromatic carbocycles. The Balaban J connectivity index is 1.40. The molecule has 0 radical (unpaired) electrons. The van der Waals surface area contributed by atoms with Crippen molar-refractivity contribution in [2.24, 2.45) is 5.92 Å². The summed E-state index contributed by atoms with van der Waals surface area (Å²) in [5.41, 5.74) is 2.79. The topological polar surface area (TPSA) is 69.0 Å². The maximum Gasteiger partial charge on any atom is 0.231 e. The number of hydrogen-bond donors (Lipinski definition) is 1. The van der Waals surface area contributed by atoms with Crippen LogP contribution in [-0.4, -0.2) is 27.3 Å². The van der Waals surface area contributed by atoms with Gasteiger partial charge in [-0.2, -0.15) is 5.10 Å². The summed E-state index contributed by atoms with van der Waals surface area (Å²) in [6.07, 6.45) is 4.56. The van der Waals surface area contributed by atoms with Crippen LogP contribution in [0.5, 0.6) is 5.75 Å². The first kappa shape index (κ1) is 18.7. The quantitative estimate of drug-likeness (QED) is 0.616. The normalized spacial score (nSPS) is 13.5. The van der Waals surface area contributed by atoms with Crippen LogP contribution in [-0.2, 0) is 17.8 Å². The van der Waals surface area contributed by atoms with E-state index in [4.69, 9.17) is 4.74 Å². The molecule has 1 saturated carbocycles. The molecule has 0 saturated heterocycles. The number of amides is 1. The molecular formula is C21H24N4O2S. The van der Waals surface area contributed by atoms with Gasteiger partial charge in [-0.05, 0) is 56.9 Å². The summed E-state index contributed by atoms with van der Waals surface area (Å²) in [6.45, 7) is 5.46. The molecule has 146 valence electrons. The van der Waals surface area contributed by atoms with Crippen molar-refractivity contribution >= 4 is 23.1 Å². The number of ether oxygens (including phenoxy) is 1. The van der Waals surface area contributed by atoms with E-state index in [1.165, 1.54) is 12.8 Å². The van der Waals surface area contributed by atoms with Crippen LogP contribution >= 0.6 is 11.3 Å². The van der Waals surface area contributed by atoms with Gasteiger partial charge in [-0.3, -0.25) is 4.79 Å². The number of nitrogens with one attached hydrogen (secondary N) is 1. The molecule has 0 aliphatic heterocycles. The number of thiazole rings is 1. The average Bonchev–Trinajstić information content (AvgIpc) is 3.29. The first-order chi connectivity index (χ1) is 13.6. The molecule has 1 fully saturated rings. The van der Waals surface area contributed by atoms with Gasteiger partial charge in [-0.25, -0.2) is 9.67 Å². The zero-order valence-corrected chi connectivity index (χ0v) is 17.0. The Morgan fingerprint density at radius 3 is 2.82 bits per heavy atom. The number of anilines is 1. The third kappa shape index (κ3) is 4.42. The highest BCUT2D eigenvalue weighted by Gasteiger charge is 2.24. The van der Waals surface area contributed by atoms with E-state index in [9.17, 15) is 4.79 Å². The summed E-state index contributed by atoms with van der Waals surface area (Å²) in [6, 6.07) is 7.87. The lowest BCUT2D eigenvalue weighted by atomic mass is 10.2. The van der Waals surface area contributed by atoms with Gasteiger partial charge in [-0.15, -0.1) is 11.3 Å². The molecule has 4 rings (SSSR count). The van der Waals surface area contributed by atoms with Crippen molar-refractivity contribution in [3.63, 3.8) is 0 Å². The number of hydrogen-bond acceptors (Lipinski definition) is 5. The van der Waals surface area contributed by atoms with Gasteiger partial charge in [0, 0.05) is 23.1 Å². The highest BCUT2D eigenvalue weighted by molar-refractivity contribution is 7.13. The van der Waals surface area contributed by atoms with Crippen molar-refractivity contribution in [3.8, 4) is 16.3 Å². The minimum absolute atomic E-state index is 0.0656. The van der Waals surface area contributed by atoms with Crippen LogP contribution < -0.4 is 10.1 Å². The maximum absolute atomic E-state index is 12.5. The number of nitrogens with zero attached hydrogens (tertiary/aromatic N) is 3. The molecule has 3 aromatic rings. The van der Waals surface area contributed by atoms with Crippen molar-refractivity contribution in [3.05, 3.63) is 47.1 Å². The van der Waals surface area contributed by atoms with Crippen LogP contribution in [0.3, 0.4) is 0 Å². The number of benzene rings is 1. The highest BCUT2D eigenvalue weighted by Crippen LogP contribution is 2.32. The van der Waals surface area contributed by atoms with Crippen molar-refractivity contribution < 1.29 is 9.53 Å². The highest BCUT2D eigenvalue weighted by atomic mass is 32.1. The van der Waals surface area contributed by atoms with E-state index < -0.39 is 0 Å². The van der Waals surface area contributed by atoms with Crippen molar-refractivity contribution in [1.29, 1.82) is 0 Å². The number of rotatable bonds is 8. The molecule has 6 nitrogen and oxygen atoms in total. The molecule has 0 unspecified atom stereocenters. The van der Waals surface area contributed by atoms with Crippen LogP contribution in [0.15, 0.2) is 35.8 Å². The molecule has 1 aliphatic rings. The van der Waals surface area contributed by atoms with Crippen molar-refractivity contribution in [2.75, 3.05) is 11.9 Å². The minimum Gasteiger partial charge on any atom is -0.494 e. The van der Waals surface area contributed by atoms with Crippen molar-refractivity contribution in [2.45, 2.75) is 39.7 Å². The Morgan fingerprint density at radius 1 is 1.32 bits per heavy atom. The molecule has 1 amide bonds. The van der Waals surface area contributed by atoms with E-state index in [1.807, 2.05) is 54.4 Å². The first-order valence-corrected chi connectivity index (χ1v) is 10.5. The molecule has 1 aliphatic carbocycles. The van der Waals surface area contributed by atoms with Crippen LogP contribution in [0.2, 0.25) is 0 Å². The second-order valence-corrected chi connectivity index (χ2v) is 7.99. The van der Waals surface area contributed by atoms with E-state index in [1.54, 1.807) is 11.3 Å². The summed E-state index contributed by atoms with van der Waals surface area (Å²) in [5.74, 6) is 2.29. The van der Waals surface area contributed by atoms with Crippen LogP contribution in [0.4, 0.5) is 5.82 Å². The van der Waals surface area contributed by atoms with Gasteiger partial charge in [0.05, 0.1) is 24.9 Å². The van der Waals surface area contributed by atoms with E-state index >= 15 is 0 Å². The predicted octanol–water partition coefficient (Wildman–Crippen LogP) is 4.30. The summed E-state index contributed by atoms with van der Waals surface area (Å²) in [4.78, 5) is 17.2. The zero-order chi connectivity index (χ0) is 19.5. The lowest BCUT2D eigenvalue weighted by molar-refractivity contribution is -0.115. The van der Waals surface area contributed by atoms with Gasteiger partial charge in [0.2, 0.25) is 5.91 Å². The Labute approximate surface area is 168 Å². The summed E-state index contributed by atoms with van der Waals surface area (Å²) in [5, 5.41) is 10.3. The lowest BCUT2D eigenvalue weighted by Gasteiger charge is -2.09. The van der Waals surface area contributed by atoms with Crippen LogP contribution in [0.25, 0.3) is 10.6 Å². The molecule has 2 aromatic heterocycles. The smallest absolute Gasteiger partial charge is 0.231 e. The van der Waals surface area contributed by atoms with Crippen LogP contribution in [0, 0.1) is 12.8 Å². The predicted molar refractivity (Wildman–Crippen MR) is 111 cm³/mol. The number of carbonyl (C=O) groups excluding carboxylic acids is 1. The fraction of sp³-hybridized carbons (Fsp3) is 0.381. The van der Waals surface area contributed by atoms with E-state index in [-0.39, 0.29) is 12.3 Å². The van der Waals surface area contributed by atoms with E-state index in [0.717, 1.165) is 39.9 Å². The SMILES string of the molecule is CCOc1ccc(-c2nc(CC(=O)Nc3c(C)cnn3CC3CC3)cs2)cc1. The third-order valence-electron chi connectivity index (χ3n) is 4.71. The molecular weight excluding hydrogens is 372 g/mol. The summed E-state index contributed by atoms with van der Waals surface area (Å²) >= 11 is 1.55. The minimum atomic E-state index is -0.0656. The maximum atomic E-state index is 12.5. The largest absolute Gasteiger partial charge is 0.494 e.